The Balaban J connectivity index is 0.925. The van der Waals surface area contributed by atoms with Crippen molar-refractivity contribution in [2.75, 3.05) is 39.6 Å². The lowest BCUT2D eigenvalue weighted by Gasteiger charge is -2.63. The first kappa shape index (κ1) is 66.4. The molecule has 28 nitrogen and oxygen atoms in total. The molecule has 0 aromatic rings. The van der Waals surface area contributed by atoms with Crippen LogP contribution in [-0.4, -0.2) is 291 Å². The van der Waals surface area contributed by atoms with E-state index in [-0.39, 0.29) is 60.1 Å². The van der Waals surface area contributed by atoms with Gasteiger partial charge in [0.25, 0.3) is 0 Å². The van der Waals surface area contributed by atoms with Gasteiger partial charge in [-0.1, -0.05) is 20.8 Å². The summed E-state index contributed by atoms with van der Waals surface area (Å²) in [4.78, 5) is 0. The first-order valence-electron chi connectivity index (χ1n) is 30.5. The highest BCUT2D eigenvalue weighted by Gasteiger charge is 2.69. The number of rotatable bonds is 18. The van der Waals surface area contributed by atoms with Gasteiger partial charge in [-0.3, -0.25) is 0 Å². The normalized spacial score (nSPS) is 54.0. The third-order valence-corrected chi connectivity index (χ3v) is 22.0. The molecular weight excluding hydrogens is 1130 g/mol. The second-order valence-corrected chi connectivity index (χ2v) is 26.7. The third kappa shape index (κ3) is 11.7. The minimum Gasteiger partial charge on any atom is -0.494 e. The van der Waals surface area contributed by atoms with Gasteiger partial charge in [0, 0.05) is 18.3 Å². The van der Waals surface area contributed by atoms with Crippen LogP contribution in [0.2, 0.25) is 0 Å². The molecule has 0 radical (unpaired) electrons. The molecule has 10 rings (SSSR count). The average molecular weight is 1230 g/mol. The third-order valence-electron chi connectivity index (χ3n) is 22.0. The zero-order valence-corrected chi connectivity index (χ0v) is 48.4. The second-order valence-electron chi connectivity index (χ2n) is 26.7. The number of aliphatic hydroxyl groups excluding tert-OH is 18. The van der Waals surface area contributed by atoms with Crippen molar-refractivity contribution in [3.05, 3.63) is 11.3 Å². The SMILES string of the molecule is CC1=C(CCC(C)COC2OC(CO)C(O)C(O)C2O)OC2CC3C4CCC5CC(C6(OC7OC(CO)C(O)C(O)C7O)OC(CO)C(O)C(OC7OC(CO)C(O)C(O)C7O)C6OC6OC(CO)C(O)C(O)C6O)CCC5(C)C4CCC3(C)C12. The Morgan fingerprint density at radius 2 is 1.00 bits per heavy atom. The zero-order chi connectivity index (χ0) is 61.5. The summed E-state index contributed by atoms with van der Waals surface area (Å²) in [6, 6.07) is 0. The van der Waals surface area contributed by atoms with Crippen molar-refractivity contribution in [3.63, 3.8) is 0 Å². The summed E-state index contributed by atoms with van der Waals surface area (Å²) in [5, 5.41) is 195. The van der Waals surface area contributed by atoms with Crippen LogP contribution in [0.25, 0.3) is 0 Å². The standard InChI is InChI=1S/C57H94O28/c1-21(20-76-51-45(72)41(68)36(63)30(15-58)78-51)5-8-28-22(2)35-29(77-28)14-27-25-7-6-23-13-24(9-11-55(23,3)26(25)10-12-56(27,35)4)57(85-54-48(75)44(71)39(66)33(18-61)81-54)50(83-53-47(74)43(70)38(65)32(17-60)80-53)49(40(67)34(19-62)84-57)82-52-46(73)42(69)37(64)31(16-59)79-52/h21,23-27,29-54,58-75H,5-20H2,1-4H3. The van der Waals surface area contributed by atoms with Gasteiger partial charge in [0.05, 0.1) is 45.4 Å². The maximum absolute atomic E-state index is 12.3. The quantitative estimate of drug-likeness (QED) is 0.0608. The van der Waals surface area contributed by atoms with Crippen LogP contribution in [0.3, 0.4) is 0 Å². The highest BCUT2D eigenvalue weighted by molar-refractivity contribution is 5.27. The summed E-state index contributed by atoms with van der Waals surface area (Å²) in [7, 11) is 0. The van der Waals surface area contributed by atoms with Crippen molar-refractivity contribution in [2.24, 2.45) is 52.3 Å². The van der Waals surface area contributed by atoms with Crippen LogP contribution in [0.4, 0.5) is 0 Å². The number of aliphatic hydroxyl groups is 18. The molecule has 18 N–H and O–H groups in total. The Bertz CT molecular complexity index is 2250. The fourth-order valence-electron chi connectivity index (χ4n) is 17.1. The van der Waals surface area contributed by atoms with E-state index in [1.165, 1.54) is 5.57 Å². The van der Waals surface area contributed by atoms with Crippen molar-refractivity contribution in [2.45, 2.75) is 251 Å². The first-order valence-corrected chi connectivity index (χ1v) is 30.5. The molecule has 0 spiro atoms. The molecule has 6 aliphatic heterocycles. The van der Waals surface area contributed by atoms with E-state index in [0.717, 1.165) is 31.4 Å². The number of hydrogen-bond donors (Lipinski definition) is 18. The topological polar surface area (TPSA) is 456 Å². The highest BCUT2D eigenvalue weighted by Crippen LogP contribution is 2.71. The Hall–Kier alpha value is -1.54. The van der Waals surface area contributed by atoms with Gasteiger partial charge in [0.1, 0.15) is 128 Å². The van der Waals surface area contributed by atoms with Gasteiger partial charge < -0.3 is 139 Å². The molecule has 10 aliphatic rings. The average Bonchev–Trinajstić information content (AvgIpc) is 1.72. The van der Waals surface area contributed by atoms with E-state index in [1.54, 1.807) is 0 Å². The molecule has 6 heterocycles. The molecule has 4 saturated carbocycles. The fourth-order valence-corrected chi connectivity index (χ4v) is 17.1. The van der Waals surface area contributed by atoms with Crippen LogP contribution in [0.1, 0.15) is 91.9 Å². The highest BCUT2D eigenvalue weighted by atomic mass is 16.8. The Kier molecular flexibility index (Phi) is 20.5. The van der Waals surface area contributed by atoms with Gasteiger partial charge in [-0.25, -0.2) is 0 Å². The monoisotopic (exact) mass is 1230 g/mol. The van der Waals surface area contributed by atoms with Crippen molar-refractivity contribution in [3.8, 4) is 0 Å². The molecule has 5 saturated heterocycles. The molecule has 9 fully saturated rings. The Morgan fingerprint density at radius 3 is 1.55 bits per heavy atom. The van der Waals surface area contributed by atoms with Crippen LogP contribution >= 0.6 is 0 Å². The van der Waals surface area contributed by atoms with Gasteiger partial charge in [0.2, 0.25) is 5.79 Å². The summed E-state index contributed by atoms with van der Waals surface area (Å²) >= 11 is 0. The number of fused-ring (bicyclic) bond motifs is 7. The van der Waals surface area contributed by atoms with Gasteiger partial charge >= 0.3 is 0 Å². The summed E-state index contributed by atoms with van der Waals surface area (Å²) < 4.78 is 62.5. The maximum atomic E-state index is 12.3. The van der Waals surface area contributed by atoms with Crippen molar-refractivity contribution in [1.29, 1.82) is 0 Å². The first-order chi connectivity index (χ1) is 40.3. The van der Waals surface area contributed by atoms with Crippen LogP contribution in [0.5, 0.6) is 0 Å². The number of allylic oxidation sites excluding steroid dienone is 1. The van der Waals surface area contributed by atoms with E-state index in [4.69, 9.17) is 47.4 Å². The van der Waals surface area contributed by atoms with Crippen LogP contribution in [-0.2, 0) is 47.4 Å². The van der Waals surface area contributed by atoms with Crippen molar-refractivity contribution < 1.29 is 139 Å². The molecule has 490 valence electrons. The van der Waals surface area contributed by atoms with E-state index < -0.39 is 192 Å². The molecule has 0 aromatic carbocycles. The molecule has 35 atom stereocenters. The zero-order valence-electron chi connectivity index (χ0n) is 48.4. The van der Waals surface area contributed by atoms with Gasteiger partial charge in [-0.05, 0) is 111 Å². The predicted octanol–water partition coefficient (Wildman–Crippen LogP) is -5.59. The summed E-state index contributed by atoms with van der Waals surface area (Å²) in [6.07, 6.45) is -36.6. The lowest BCUT2D eigenvalue weighted by Crippen LogP contribution is -2.75. The summed E-state index contributed by atoms with van der Waals surface area (Å²) in [5.41, 5.74) is 0.826. The van der Waals surface area contributed by atoms with Crippen molar-refractivity contribution in [1.82, 2.24) is 0 Å². The summed E-state index contributed by atoms with van der Waals surface area (Å²) in [6.45, 7) is 4.84. The maximum Gasteiger partial charge on any atom is 0.203 e. The molecule has 28 heteroatoms. The minimum absolute atomic E-state index is 0.00445. The van der Waals surface area contributed by atoms with Crippen molar-refractivity contribution >= 4 is 0 Å². The Labute approximate surface area is 492 Å². The molecule has 0 bridgehead atoms. The lowest BCUT2D eigenvalue weighted by atomic mass is 9.43. The smallest absolute Gasteiger partial charge is 0.203 e. The summed E-state index contributed by atoms with van der Waals surface area (Å²) in [5.74, 6) is -1.58. The Morgan fingerprint density at radius 1 is 0.506 bits per heavy atom. The van der Waals surface area contributed by atoms with Gasteiger partial charge in [-0.2, -0.15) is 0 Å². The van der Waals surface area contributed by atoms with Crippen LogP contribution in [0, 0.1) is 52.3 Å². The molecule has 35 unspecified atom stereocenters. The fraction of sp³-hybridized carbons (Fsp3) is 0.965. The van der Waals surface area contributed by atoms with E-state index in [2.05, 4.69) is 20.8 Å². The van der Waals surface area contributed by atoms with E-state index in [0.29, 0.717) is 37.5 Å². The molecule has 85 heavy (non-hydrogen) atoms. The minimum atomic E-state index is -2.50. The molecule has 0 aromatic heterocycles. The second kappa shape index (κ2) is 26.2. The molecular formula is C57H94O28. The lowest BCUT2D eigenvalue weighted by molar-refractivity contribution is -0.466. The van der Waals surface area contributed by atoms with Crippen LogP contribution < -0.4 is 0 Å². The number of hydrogen-bond acceptors (Lipinski definition) is 28. The van der Waals surface area contributed by atoms with Gasteiger partial charge in [-0.15, -0.1) is 0 Å². The molecule has 4 aliphatic carbocycles. The molecule has 0 amide bonds. The number of ether oxygens (including phenoxy) is 10. The largest absolute Gasteiger partial charge is 0.494 e. The van der Waals surface area contributed by atoms with E-state index >= 15 is 0 Å². The predicted molar refractivity (Wildman–Crippen MR) is 283 cm³/mol. The van der Waals surface area contributed by atoms with Crippen LogP contribution in [0.15, 0.2) is 11.3 Å². The van der Waals surface area contributed by atoms with Gasteiger partial charge in [0.15, 0.2) is 25.2 Å². The van der Waals surface area contributed by atoms with E-state index in [9.17, 15) is 91.9 Å². The van der Waals surface area contributed by atoms with E-state index in [1.807, 2.05) is 6.92 Å².